The van der Waals surface area contributed by atoms with Crippen molar-refractivity contribution in [1.82, 2.24) is 9.97 Å². The van der Waals surface area contributed by atoms with Gasteiger partial charge < -0.3 is 10.6 Å². The number of anilines is 2. The van der Waals surface area contributed by atoms with Crippen LogP contribution in [0.2, 0.25) is 0 Å². The van der Waals surface area contributed by atoms with Gasteiger partial charge in [-0.25, -0.2) is 9.97 Å². The molecule has 0 aliphatic rings. The van der Waals surface area contributed by atoms with Crippen LogP contribution in [-0.4, -0.2) is 29.2 Å². The Hall–Kier alpha value is -1.53. The fraction of sp³-hybridized carbons (Fsp3) is 0.667. The quantitative estimate of drug-likeness (QED) is 0.714. The lowest BCUT2D eigenvalue weighted by Crippen LogP contribution is -2.09. The maximum absolute atomic E-state index is 11.9. The second-order valence-electron chi connectivity index (χ2n) is 4.21. The average Bonchev–Trinajstić information content (AvgIpc) is 2.35. The molecule has 0 saturated carbocycles. The number of hydrogen-bond acceptors (Lipinski definition) is 4. The van der Waals surface area contributed by atoms with Gasteiger partial charge in [-0.3, -0.25) is 0 Å². The van der Waals surface area contributed by atoms with E-state index in [0.29, 0.717) is 18.8 Å². The highest BCUT2D eigenvalue weighted by Crippen LogP contribution is 2.22. The molecule has 1 rings (SSSR count). The van der Waals surface area contributed by atoms with E-state index >= 15 is 0 Å². The first-order valence-corrected chi connectivity index (χ1v) is 6.38. The Labute approximate surface area is 110 Å². The molecule has 0 fully saturated rings. The van der Waals surface area contributed by atoms with Crippen molar-refractivity contribution in [2.24, 2.45) is 0 Å². The molecule has 0 amide bonds. The van der Waals surface area contributed by atoms with E-state index in [1.807, 2.05) is 6.92 Å². The molecule has 7 heteroatoms. The number of alkyl halides is 3. The summed E-state index contributed by atoms with van der Waals surface area (Å²) in [5, 5.41) is 6.11. The lowest BCUT2D eigenvalue weighted by Gasteiger charge is -2.08. The summed E-state index contributed by atoms with van der Waals surface area (Å²) in [7, 11) is 0. The largest absolute Gasteiger partial charge is 0.389 e. The Morgan fingerprint density at radius 2 is 1.68 bits per heavy atom. The third-order valence-corrected chi connectivity index (χ3v) is 2.42. The van der Waals surface area contributed by atoms with Crippen molar-refractivity contribution in [3.05, 3.63) is 12.4 Å². The number of aromatic nitrogens is 2. The van der Waals surface area contributed by atoms with Gasteiger partial charge >= 0.3 is 6.18 Å². The van der Waals surface area contributed by atoms with E-state index in [0.717, 1.165) is 18.8 Å². The smallest absolute Gasteiger partial charge is 0.370 e. The molecule has 108 valence electrons. The normalized spacial score (nSPS) is 11.4. The molecule has 0 saturated heterocycles. The van der Waals surface area contributed by atoms with Gasteiger partial charge in [-0.05, 0) is 19.3 Å². The summed E-state index contributed by atoms with van der Waals surface area (Å²) >= 11 is 0. The van der Waals surface area contributed by atoms with Crippen LogP contribution in [0.3, 0.4) is 0 Å². The molecule has 0 aliphatic heterocycles. The molecule has 19 heavy (non-hydrogen) atoms. The van der Waals surface area contributed by atoms with E-state index in [9.17, 15) is 13.2 Å². The van der Waals surface area contributed by atoms with E-state index < -0.39 is 12.6 Å². The van der Waals surface area contributed by atoms with Gasteiger partial charge in [0.25, 0.3) is 0 Å². The van der Waals surface area contributed by atoms with Crippen molar-refractivity contribution >= 4 is 11.6 Å². The fourth-order valence-electron chi connectivity index (χ4n) is 1.47. The van der Waals surface area contributed by atoms with Crippen LogP contribution < -0.4 is 10.6 Å². The minimum absolute atomic E-state index is 0.128. The highest BCUT2D eigenvalue weighted by Gasteiger charge is 2.25. The van der Waals surface area contributed by atoms with E-state index in [2.05, 4.69) is 20.6 Å². The zero-order chi connectivity index (χ0) is 14.1. The van der Waals surface area contributed by atoms with Crippen LogP contribution in [0, 0.1) is 0 Å². The molecule has 0 unspecified atom stereocenters. The van der Waals surface area contributed by atoms with Crippen molar-refractivity contribution in [3.63, 3.8) is 0 Å². The van der Waals surface area contributed by atoms with E-state index in [-0.39, 0.29) is 6.42 Å². The van der Waals surface area contributed by atoms with E-state index in [4.69, 9.17) is 0 Å². The monoisotopic (exact) mass is 276 g/mol. The Bertz CT molecular complexity index is 368. The van der Waals surface area contributed by atoms with Crippen molar-refractivity contribution in [1.29, 1.82) is 0 Å². The second-order valence-corrected chi connectivity index (χ2v) is 4.21. The number of nitrogens with zero attached hydrogens (tertiary/aromatic N) is 2. The third-order valence-electron chi connectivity index (χ3n) is 2.42. The van der Waals surface area contributed by atoms with Crippen LogP contribution in [0.4, 0.5) is 24.8 Å². The van der Waals surface area contributed by atoms with Crippen LogP contribution in [0.15, 0.2) is 12.4 Å². The summed E-state index contributed by atoms with van der Waals surface area (Å²) in [4.78, 5) is 8.05. The van der Waals surface area contributed by atoms with Crippen molar-refractivity contribution in [2.75, 3.05) is 23.7 Å². The summed E-state index contributed by atoms with van der Waals surface area (Å²) in [5.41, 5.74) is 0. The second kappa shape index (κ2) is 7.81. The molecule has 1 heterocycles. The third kappa shape index (κ3) is 7.48. The molecule has 0 spiro atoms. The van der Waals surface area contributed by atoms with Gasteiger partial charge in [0, 0.05) is 25.6 Å². The van der Waals surface area contributed by atoms with Crippen LogP contribution >= 0.6 is 0 Å². The number of hydrogen-bond donors (Lipinski definition) is 2. The minimum Gasteiger partial charge on any atom is -0.370 e. The topological polar surface area (TPSA) is 49.8 Å². The zero-order valence-corrected chi connectivity index (χ0v) is 10.9. The maximum Gasteiger partial charge on any atom is 0.389 e. The van der Waals surface area contributed by atoms with Gasteiger partial charge in [0.1, 0.15) is 18.0 Å². The lowest BCUT2D eigenvalue weighted by atomic mass is 10.2. The highest BCUT2D eigenvalue weighted by atomic mass is 19.4. The van der Waals surface area contributed by atoms with Crippen LogP contribution in [0.25, 0.3) is 0 Å². The summed E-state index contributed by atoms with van der Waals surface area (Å²) in [6.07, 6.45) is -1.79. The van der Waals surface area contributed by atoms with E-state index in [1.54, 1.807) is 6.07 Å². The first kappa shape index (κ1) is 15.5. The standard InChI is InChI=1S/C12H19F3N4/c1-2-6-16-10-8-11(19-9-18-10)17-7-4-3-5-12(13,14)15/h8-9H,2-7H2,1H3,(H2,16,17,18,19). The molecular weight excluding hydrogens is 257 g/mol. The number of rotatable bonds is 8. The molecule has 0 atom stereocenters. The predicted octanol–water partition coefficient (Wildman–Crippen LogP) is 3.44. The maximum atomic E-state index is 11.9. The Kier molecular flexibility index (Phi) is 6.38. The summed E-state index contributed by atoms with van der Waals surface area (Å²) < 4.78 is 35.8. The minimum atomic E-state index is -4.06. The molecule has 0 bridgehead atoms. The van der Waals surface area contributed by atoms with Gasteiger partial charge in [0.05, 0.1) is 0 Å². The zero-order valence-electron chi connectivity index (χ0n) is 10.9. The van der Waals surface area contributed by atoms with Crippen molar-refractivity contribution in [2.45, 2.75) is 38.8 Å². The molecule has 0 aromatic carbocycles. The first-order chi connectivity index (χ1) is 9.01. The van der Waals surface area contributed by atoms with Gasteiger partial charge in [0.15, 0.2) is 0 Å². The summed E-state index contributed by atoms with van der Waals surface area (Å²) in [6.45, 7) is 3.34. The lowest BCUT2D eigenvalue weighted by molar-refractivity contribution is -0.135. The molecule has 0 radical (unpaired) electrons. The number of unbranched alkanes of at least 4 members (excludes halogenated alkanes) is 1. The van der Waals surface area contributed by atoms with Crippen molar-refractivity contribution < 1.29 is 13.2 Å². The average molecular weight is 276 g/mol. The van der Waals surface area contributed by atoms with Crippen LogP contribution in [-0.2, 0) is 0 Å². The number of halogens is 3. The van der Waals surface area contributed by atoms with Gasteiger partial charge in [-0.15, -0.1) is 0 Å². The Morgan fingerprint density at radius 1 is 1.05 bits per heavy atom. The number of nitrogens with one attached hydrogen (secondary N) is 2. The Morgan fingerprint density at radius 3 is 2.26 bits per heavy atom. The van der Waals surface area contributed by atoms with E-state index in [1.165, 1.54) is 6.33 Å². The Balaban J connectivity index is 2.25. The van der Waals surface area contributed by atoms with Gasteiger partial charge in [0.2, 0.25) is 0 Å². The molecular formula is C12H19F3N4. The molecule has 0 aliphatic carbocycles. The van der Waals surface area contributed by atoms with Gasteiger partial charge in [-0.1, -0.05) is 6.92 Å². The van der Waals surface area contributed by atoms with Crippen molar-refractivity contribution in [3.8, 4) is 0 Å². The summed E-state index contributed by atoms with van der Waals surface area (Å²) in [6, 6.07) is 1.75. The molecule has 1 aromatic heterocycles. The fourth-order valence-corrected chi connectivity index (χ4v) is 1.47. The van der Waals surface area contributed by atoms with Crippen LogP contribution in [0.1, 0.15) is 32.6 Å². The summed E-state index contributed by atoms with van der Waals surface area (Å²) in [5.74, 6) is 1.34. The highest BCUT2D eigenvalue weighted by molar-refractivity contribution is 5.46. The SMILES string of the molecule is CCCNc1cc(NCCCCC(F)(F)F)ncn1. The first-order valence-electron chi connectivity index (χ1n) is 6.38. The molecule has 4 nitrogen and oxygen atoms in total. The van der Waals surface area contributed by atoms with Gasteiger partial charge in [-0.2, -0.15) is 13.2 Å². The molecule has 1 aromatic rings. The molecule has 2 N–H and O–H groups in total. The predicted molar refractivity (Wildman–Crippen MR) is 69.2 cm³/mol. The van der Waals surface area contributed by atoms with Crippen LogP contribution in [0.5, 0.6) is 0 Å².